The maximum absolute atomic E-state index is 13.1. The van der Waals surface area contributed by atoms with Crippen molar-refractivity contribution in [3.8, 4) is 22.6 Å². The van der Waals surface area contributed by atoms with Crippen molar-refractivity contribution in [1.82, 2.24) is 9.97 Å². The SMILES string of the molecule is FSc1cccc(-c2nc(-c3ccccc3)c3c(ccc4ccccc43)n2)c1. The molecule has 0 fully saturated rings. The normalized spacial score (nSPS) is 11.2. The molecule has 0 amide bonds. The molecule has 28 heavy (non-hydrogen) atoms. The molecule has 0 saturated heterocycles. The molecule has 1 aromatic heterocycles. The highest BCUT2D eigenvalue weighted by molar-refractivity contribution is 7.94. The molecular formula is C24H15FN2S. The van der Waals surface area contributed by atoms with Crippen LogP contribution in [0.4, 0.5) is 3.89 Å². The van der Waals surface area contributed by atoms with Gasteiger partial charge in [-0.05, 0) is 29.0 Å². The zero-order valence-corrected chi connectivity index (χ0v) is 15.7. The van der Waals surface area contributed by atoms with Crippen molar-refractivity contribution in [2.75, 3.05) is 0 Å². The van der Waals surface area contributed by atoms with E-state index in [0.717, 1.165) is 38.5 Å². The van der Waals surface area contributed by atoms with Gasteiger partial charge in [-0.3, -0.25) is 0 Å². The maximum atomic E-state index is 13.1. The summed E-state index contributed by atoms with van der Waals surface area (Å²) in [5, 5.41) is 3.31. The van der Waals surface area contributed by atoms with Gasteiger partial charge in [0.05, 0.1) is 23.4 Å². The molecule has 0 bridgehead atoms. The second kappa shape index (κ2) is 7.06. The van der Waals surface area contributed by atoms with E-state index in [4.69, 9.17) is 9.97 Å². The standard InChI is InChI=1S/C24H15FN2S/c25-28-19-11-6-10-18(15-19)24-26-21-14-13-16-7-4-5-12-20(16)22(21)23(27-24)17-8-2-1-3-9-17/h1-15H. The van der Waals surface area contributed by atoms with E-state index in [1.165, 1.54) is 0 Å². The fourth-order valence-electron chi connectivity index (χ4n) is 3.52. The van der Waals surface area contributed by atoms with Crippen LogP contribution in [0, 0.1) is 0 Å². The van der Waals surface area contributed by atoms with Crippen molar-refractivity contribution in [2.24, 2.45) is 0 Å². The minimum absolute atomic E-state index is 0.228. The van der Waals surface area contributed by atoms with Crippen molar-refractivity contribution in [1.29, 1.82) is 0 Å². The van der Waals surface area contributed by atoms with Gasteiger partial charge in [0.25, 0.3) is 0 Å². The first kappa shape index (κ1) is 16.9. The molecule has 0 aliphatic carbocycles. The Kier molecular flexibility index (Phi) is 4.26. The summed E-state index contributed by atoms with van der Waals surface area (Å²) in [6.45, 7) is 0. The van der Waals surface area contributed by atoms with E-state index in [9.17, 15) is 3.89 Å². The third kappa shape index (κ3) is 2.92. The van der Waals surface area contributed by atoms with Crippen molar-refractivity contribution in [3.63, 3.8) is 0 Å². The lowest BCUT2D eigenvalue weighted by molar-refractivity contribution is 0.934. The van der Waals surface area contributed by atoms with Gasteiger partial charge in [0.2, 0.25) is 0 Å². The average molecular weight is 382 g/mol. The summed E-state index contributed by atoms with van der Waals surface area (Å²) in [6.07, 6.45) is 0. The highest BCUT2D eigenvalue weighted by Gasteiger charge is 2.14. The lowest BCUT2D eigenvalue weighted by Gasteiger charge is -2.12. The first-order valence-electron chi connectivity index (χ1n) is 8.97. The molecule has 0 aliphatic heterocycles. The molecule has 0 spiro atoms. The Morgan fingerprint density at radius 1 is 0.679 bits per heavy atom. The Labute approximate surface area is 166 Å². The summed E-state index contributed by atoms with van der Waals surface area (Å²) < 4.78 is 13.1. The van der Waals surface area contributed by atoms with Gasteiger partial charge in [-0.1, -0.05) is 72.8 Å². The topological polar surface area (TPSA) is 25.8 Å². The molecule has 0 unspecified atom stereocenters. The lowest BCUT2D eigenvalue weighted by Crippen LogP contribution is -1.96. The molecule has 0 saturated carbocycles. The maximum Gasteiger partial charge on any atom is 0.160 e. The van der Waals surface area contributed by atoms with Gasteiger partial charge in [0, 0.05) is 21.4 Å². The molecule has 134 valence electrons. The van der Waals surface area contributed by atoms with Gasteiger partial charge in [-0.15, -0.1) is 0 Å². The Morgan fingerprint density at radius 2 is 1.46 bits per heavy atom. The van der Waals surface area contributed by atoms with Crippen molar-refractivity contribution in [3.05, 3.63) is 91.0 Å². The van der Waals surface area contributed by atoms with Gasteiger partial charge in [0.1, 0.15) is 0 Å². The first-order valence-corrected chi connectivity index (χ1v) is 9.69. The number of rotatable bonds is 3. The predicted molar refractivity (Wildman–Crippen MR) is 115 cm³/mol. The Balaban J connectivity index is 1.87. The number of benzene rings is 4. The van der Waals surface area contributed by atoms with Crippen LogP contribution in [0.25, 0.3) is 44.3 Å². The number of hydrogen-bond donors (Lipinski definition) is 0. The van der Waals surface area contributed by atoms with Crippen LogP contribution in [0.1, 0.15) is 0 Å². The molecule has 4 heteroatoms. The van der Waals surface area contributed by atoms with Crippen LogP contribution < -0.4 is 0 Å². The largest absolute Gasteiger partial charge is 0.228 e. The van der Waals surface area contributed by atoms with Gasteiger partial charge in [0.15, 0.2) is 5.82 Å². The highest BCUT2D eigenvalue weighted by Crippen LogP contribution is 2.34. The fraction of sp³-hybridized carbons (Fsp3) is 0. The van der Waals surface area contributed by atoms with Gasteiger partial charge in [-0.2, -0.15) is 3.89 Å². The third-order valence-electron chi connectivity index (χ3n) is 4.82. The second-order valence-electron chi connectivity index (χ2n) is 6.55. The van der Waals surface area contributed by atoms with E-state index in [-0.39, 0.29) is 12.1 Å². The monoisotopic (exact) mass is 382 g/mol. The molecule has 0 atom stereocenters. The average Bonchev–Trinajstić information content (AvgIpc) is 2.78. The van der Waals surface area contributed by atoms with Gasteiger partial charge >= 0.3 is 0 Å². The molecule has 1 heterocycles. The van der Waals surface area contributed by atoms with E-state index in [2.05, 4.69) is 30.3 Å². The van der Waals surface area contributed by atoms with Crippen LogP contribution in [0.15, 0.2) is 95.9 Å². The fourth-order valence-corrected chi connectivity index (χ4v) is 3.82. The molecular weight excluding hydrogens is 367 g/mol. The van der Waals surface area contributed by atoms with E-state index < -0.39 is 0 Å². The third-order valence-corrected chi connectivity index (χ3v) is 5.25. The van der Waals surface area contributed by atoms with Crippen LogP contribution in [0.3, 0.4) is 0 Å². The second-order valence-corrected chi connectivity index (χ2v) is 7.17. The van der Waals surface area contributed by atoms with E-state index in [0.29, 0.717) is 10.7 Å². The minimum Gasteiger partial charge on any atom is -0.228 e. The number of nitrogens with zero attached hydrogens (tertiary/aromatic N) is 2. The summed E-state index contributed by atoms with van der Waals surface area (Å²) in [5.74, 6) is 0.595. The Morgan fingerprint density at radius 3 is 2.32 bits per heavy atom. The smallest absolute Gasteiger partial charge is 0.160 e. The van der Waals surface area contributed by atoms with E-state index in [1.54, 1.807) is 12.1 Å². The number of aromatic nitrogens is 2. The number of fused-ring (bicyclic) bond motifs is 3. The predicted octanol–water partition coefficient (Wildman–Crippen LogP) is 7.09. The zero-order valence-electron chi connectivity index (χ0n) is 14.8. The molecule has 5 aromatic rings. The zero-order chi connectivity index (χ0) is 18.9. The number of hydrogen-bond acceptors (Lipinski definition) is 3. The Bertz CT molecular complexity index is 1300. The molecule has 5 rings (SSSR count). The minimum atomic E-state index is 0.228. The summed E-state index contributed by atoms with van der Waals surface area (Å²) >= 11 is 0.228. The van der Waals surface area contributed by atoms with Gasteiger partial charge in [-0.25, -0.2) is 9.97 Å². The van der Waals surface area contributed by atoms with Gasteiger partial charge < -0.3 is 0 Å². The van der Waals surface area contributed by atoms with Crippen molar-refractivity contribution >= 4 is 33.8 Å². The summed E-state index contributed by atoms with van der Waals surface area (Å²) in [4.78, 5) is 10.3. The first-order chi connectivity index (χ1) is 13.8. The van der Waals surface area contributed by atoms with Crippen LogP contribution in [-0.4, -0.2) is 9.97 Å². The van der Waals surface area contributed by atoms with Crippen LogP contribution >= 0.6 is 12.1 Å². The van der Waals surface area contributed by atoms with Crippen LogP contribution in [0.2, 0.25) is 0 Å². The highest BCUT2D eigenvalue weighted by atomic mass is 32.2. The molecule has 4 aromatic carbocycles. The molecule has 0 N–H and O–H groups in total. The van der Waals surface area contributed by atoms with Crippen molar-refractivity contribution < 1.29 is 3.89 Å². The lowest BCUT2D eigenvalue weighted by atomic mass is 10.00. The molecule has 2 nitrogen and oxygen atoms in total. The summed E-state index contributed by atoms with van der Waals surface area (Å²) in [5.41, 5.74) is 3.59. The number of halogens is 1. The molecule has 0 radical (unpaired) electrons. The van der Waals surface area contributed by atoms with E-state index in [1.807, 2.05) is 48.5 Å². The molecule has 0 aliphatic rings. The summed E-state index contributed by atoms with van der Waals surface area (Å²) in [7, 11) is 0. The van der Waals surface area contributed by atoms with Crippen LogP contribution in [0.5, 0.6) is 0 Å². The van der Waals surface area contributed by atoms with E-state index >= 15 is 0 Å². The summed E-state index contributed by atoms with van der Waals surface area (Å²) in [6, 6.07) is 29.8. The quantitative estimate of drug-likeness (QED) is 0.311. The van der Waals surface area contributed by atoms with Crippen molar-refractivity contribution in [2.45, 2.75) is 4.90 Å². The Hall–Kier alpha value is -3.24. The van der Waals surface area contributed by atoms with Crippen LogP contribution in [-0.2, 0) is 0 Å².